The van der Waals surface area contributed by atoms with Crippen molar-refractivity contribution in [3.05, 3.63) is 46.9 Å². The fourth-order valence-corrected chi connectivity index (χ4v) is 3.01. The first kappa shape index (κ1) is 16.0. The molecule has 1 aromatic carbocycles. The van der Waals surface area contributed by atoms with E-state index in [0.29, 0.717) is 16.8 Å². The number of aliphatic hydroxyl groups is 1. The molecule has 2 heterocycles. The number of aryl methyl sites for hydroxylation is 1. The summed E-state index contributed by atoms with van der Waals surface area (Å²) in [7, 11) is 0. The standard InChI is InChI=1S/C16H14F5NO/c1-8-6-12(9-2-3-11(17)10(7-9)15(18)19)22-5-4-16(20,21)14(23)13(8)22/h2-3,6-7,14-15,23H,4-5H2,1H3. The molecule has 0 saturated carbocycles. The first-order valence-corrected chi connectivity index (χ1v) is 7.06. The second kappa shape index (κ2) is 5.33. The van der Waals surface area contributed by atoms with E-state index in [9.17, 15) is 27.1 Å². The van der Waals surface area contributed by atoms with Crippen molar-refractivity contribution in [3.63, 3.8) is 0 Å². The number of aliphatic hydroxyl groups excluding tert-OH is 1. The van der Waals surface area contributed by atoms with Crippen molar-refractivity contribution in [1.29, 1.82) is 0 Å². The summed E-state index contributed by atoms with van der Waals surface area (Å²) >= 11 is 0. The number of fused-ring (bicyclic) bond motifs is 1. The lowest BCUT2D eigenvalue weighted by atomic mass is 10.0. The van der Waals surface area contributed by atoms with Crippen molar-refractivity contribution < 1.29 is 27.1 Å². The summed E-state index contributed by atoms with van der Waals surface area (Å²) in [5, 5.41) is 9.87. The van der Waals surface area contributed by atoms with Gasteiger partial charge in [-0.25, -0.2) is 22.0 Å². The van der Waals surface area contributed by atoms with E-state index in [1.54, 1.807) is 13.0 Å². The Kier molecular flexibility index (Phi) is 3.71. The predicted octanol–water partition coefficient (Wildman–Crippen LogP) is 4.61. The van der Waals surface area contributed by atoms with Gasteiger partial charge in [-0.15, -0.1) is 0 Å². The monoisotopic (exact) mass is 331 g/mol. The molecule has 0 aliphatic carbocycles. The molecule has 23 heavy (non-hydrogen) atoms. The molecule has 124 valence electrons. The Morgan fingerprint density at radius 1 is 1.26 bits per heavy atom. The van der Waals surface area contributed by atoms with Crippen molar-refractivity contribution in [2.75, 3.05) is 0 Å². The van der Waals surface area contributed by atoms with Gasteiger partial charge in [-0.3, -0.25) is 0 Å². The van der Waals surface area contributed by atoms with Crippen molar-refractivity contribution >= 4 is 0 Å². The molecule has 0 bridgehead atoms. The lowest BCUT2D eigenvalue weighted by Gasteiger charge is -2.31. The van der Waals surface area contributed by atoms with Gasteiger partial charge in [0, 0.05) is 18.7 Å². The minimum atomic E-state index is -3.23. The van der Waals surface area contributed by atoms with Crippen LogP contribution in [0.5, 0.6) is 0 Å². The average molecular weight is 331 g/mol. The van der Waals surface area contributed by atoms with Crippen LogP contribution in [0.2, 0.25) is 0 Å². The lowest BCUT2D eigenvalue weighted by Crippen LogP contribution is -2.35. The molecule has 0 fully saturated rings. The topological polar surface area (TPSA) is 25.2 Å². The molecule has 1 aliphatic rings. The number of rotatable bonds is 2. The molecule has 0 spiro atoms. The van der Waals surface area contributed by atoms with Gasteiger partial charge in [0.15, 0.2) is 6.10 Å². The summed E-state index contributed by atoms with van der Waals surface area (Å²) < 4.78 is 68.0. The molecule has 1 aliphatic heterocycles. The van der Waals surface area contributed by atoms with Gasteiger partial charge in [-0.1, -0.05) is 0 Å². The number of nitrogens with zero attached hydrogens (tertiary/aromatic N) is 1. The van der Waals surface area contributed by atoms with Gasteiger partial charge < -0.3 is 9.67 Å². The van der Waals surface area contributed by atoms with E-state index >= 15 is 0 Å². The van der Waals surface area contributed by atoms with Crippen molar-refractivity contribution in [3.8, 4) is 11.3 Å². The third-order valence-electron chi connectivity index (χ3n) is 4.19. The highest BCUT2D eigenvalue weighted by molar-refractivity contribution is 5.64. The third kappa shape index (κ3) is 2.52. The fourth-order valence-electron chi connectivity index (χ4n) is 3.01. The minimum absolute atomic E-state index is 0.0516. The summed E-state index contributed by atoms with van der Waals surface area (Å²) in [6, 6.07) is 4.81. The Morgan fingerprint density at radius 3 is 2.61 bits per heavy atom. The fraction of sp³-hybridized carbons (Fsp3) is 0.375. The summed E-state index contributed by atoms with van der Waals surface area (Å²) in [5.41, 5.74) is 0.480. The summed E-state index contributed by atoms with van der Waals surface area (Å²) in [6.45, 7) is 1.52. The number of aromatic nitrogens is 1. The maximum atomic E-state index is 13.7. The number of hydrogen-bond donors (Lipinski definition) is 1. The molecule has 1 unspecified atom stereocenters. The molecular weight excluding hydrogens is 317 g/mol. The van der Waals surface area contributed by atoms with E-state index in [4.69, 9.17) is 0 Å². The molecule has 2 nitrogen and oxygen atoms in total. The molecular formula is C16H14F5NO. The van der Waals surface area contributed by atoms with Crippen LogP contribution in [0.4, 0.5) is 22.0 Å². The summed E-state index contributed by atoms with van der Waals surface area (Å²) in [6.07, 6.45) is -5.47. The van der Waals surface area contributed by atoms with Crippen molar-refractivity contribution in [1.82, 2.24) is 4.57 Å². The van der Waals surface area contributed by atoms with Gasteiger partial charge in [0.05, 0.1) is 11.3 Å². The normalized spacial score (nSPS) is 19.9. The van der Waals surface area contributed by atoms with Crippen molar-refractivity contribution in [2.45, 2.75) is 38.3 Å². The second-order valence-electron chi connectivity index (χ2n) is 5.70. The Morgan fingerprint density at radius 2 is 1.96 bits per heavy atom. The minimum Gasteiger partial charge on any atom is -0.381 e. The maximum absolute atomic E-state index is 13.7. The molecule has 0 saturated heterocycles. The zero-order chi connectivity index (χ0) is 16.9. The first-order valence-electron chi connectivity index (χ1n) is 7.06. The van der Waals surface area contributed by atoms with Crippen LogP contribution in [0.1, 0.15) is 35.8 Å². The van der Waals surface area contributed by atoms with Crippen molar-refractivity contribution in [2.24, 2.45) is 0 Å². The Labute approximate surface area is 129 Å². The number of hydrogen-bond acceptors (Lipinski definition) is 1. The van der Waals surface area contributed by atoms with E-state index in [2.05, 4.69) is 0 Å². The van der Waals surface area contributed by atoms with E-state index in [-0.39, 0.29) is 12.2 Å². The Hall–Kier alpha value is -1.89. The van der Waals surface area contributed by atoms with Crippen LogP contribution in [0.3, 0.4) is 0 Å². The highest BCUT2D eigenvalue weighted by Gasteiger charge is 2.45. The maximum Gasteiger partial charge on any atom is 0.280 e. The van der Waals surface area contributed by atoms with E-state index in [1.165, 1.54) is 10.6 Å². The van der Waals surface area contributed by atoms with Crippen LogP contribution in [0.15, 0.2) is 24.3 Å². The first-order chi connectivity index (χ1) is 10.7. The zero-order valence-electron chi connectivity index (χ0n) is 12.2. The quantitative estimate of drug-likeness (QED) is 0.799. The highest BCUT2D eigenvalue weighted by Crippen LogP contribution is 2.43. The van der Waals surface area contributed by atoms with E-state index < -0.39 is 36.3 Å². The molecule has 1 N–H and O–H groups in total. The van der Waals surface area contributed by atoms with Gasteiger partial charge in [-0.2, -0.15) is 0 Å². The lowest BCUT2D eigenvalue weighted by molar-refractivity contribution is -0.131. The summed E-state index contributed by atoms with van der Waals surface area (Å²) in [5.74, 6) is -4.25. The Balaban J connectivity index is 2.14. The van der Waals surface area contributed by atoms with Gasteiger partial charge in [-0.05, 0) is 42.3 Å². The third-order valence-corrected chi connectivity index (χ3v) is 4.19. The van der Waals surface area contributed by atoms with Crippen LogP contribution < -0.4 is 0 Å². The summed E-state index contributed by atoms with van der Waals surface area (Å²) in [4.78, 5) is 0. The predicted molar refractivity (Wildman–Crippen MR) is 74.0 cm³/mol. The molecule has 2 aromatic rings. The van der Waals surface area contributed by atoms with Crippen LogP contribution in [0.25, 0.3) is 11.3 Å². The smallest absolute Gasteiger partial charge is 0.280 e. The van der Waals surface area contributed by atoms with E-state index in [1.807, 2.05) is 0 Å². The van der Waals surface area contributed by atoms with Gasteiger partial charge in [0.1, 0.15) is 5.82 Å². The molecule has 1 aromatic heterocycles. The number of halogens is 5. The largest absolute Gasteiger partial charge is 0.381 e. The van der Waals surface area contributed by atoms with Crippen LogP contribution in [-0.2, 0) is 6.54 Å². The number of alkyl halides is 4. The van der Waals surface area contributed by atoms with Crippen LogP contribution in [-0.4, -0.2) is 15.6 Å². The number of benzene rings is 1. The average Bonchev–Trinajstić information content (AvgIpc) is 2.81. The highest BCUT2D eigenvalue weighted by atomic mass is 19.3. The van der Waals surface area contributed by atoms with Gasteiger partial charge in [0.25, 0.3) is 12.3 Å². The molecule has 3 rings (SSSR count). The molecule has 7 heteroatoms. The Bertz CT molecular complexity index is 753. The van der Waals surface area contributed by atoms with Crippen LogP contribution in [0, 0.1) is 12.7 Å². The molecule has 0 radical (unpaired) electrons. The van der Waals surface area contributed by atoms with Crippen LogP contribution >= 0.6 is 0 Å². The van der Waals surface area contributed by atoms with Gasteiger partial charge >= 0.3 is 0 Å². The zero-order valence-corrected chi connectivity index (χ0v) is 12.2. The molecule has 1 atom stereocenters. The SMILES string of the molecule is Cc1cc(-c2ccc(F)c(C(F)F)c2)n2c1C(O)C(F)(F)CC2. The van der Waals surface area contributed by atoms with E-state index in [0.717, 1.165) is 12.1 Å². The molecule has 0 amide bonds. The second-order valence-corrected chi connectivity index (χ2v) is 5.70. The van der Waals surface area contributed by atoms with Gasteiger partial charge in [0.2, 0.25) is 0 Å².